The Hall–Kier alpha value is -1.70. The fraction of sp³-hybridized carbons (Fsp3) is 0.286. The minimum atomic E-state index is 0.714. The van der Waals surface area contributed by atoms with Crippen molar-refractivity contribution in [3.63, 3.8) is 0 Å². The molecule has 0 aliphatic rings. The summed E-state index contributed by atoms with van der Waals surface area (Å²) in [4.78, 5) is 0. The molecule has 2 heteroatoms. The molecule has 0 amide bonds. The lowest BCUT2D eigenvalue weighted by atomic mass is 10.3. The van der Waals surface area contributed by atoms with Gasteiger partial charge in [-0.25, -0.2) is 0 Å². The van der Waals surface area contributed by atoms with E-state index in [0.29, 0.717) is 6.61 Å². The first-order chi connectivity index (χ1) is 7.86. The molecular formula is C14H17NO. The number of para-hydroxylation sites is 1. The summed E-state index contributed by atoms with van der Waals surface area (Å²) in [6.45, 7) is 4.88. The fourth-order valence-electron chi connectivity index (χ4n) is 1.91. The van der Waals surface area contributed by atoms with Gasteiger partial charge in [0.1, 0.15) is 5.75 Å². The number of ether oxygens (including phenoxy) is 1. The number of benzene rings is 1. The Morgan fingerprint density at radius 3 is 2.44 bits per heavy atom. The van der Waals surface area contributed by atoms with E-state index in [9.17, 15) is 0 Å². The van der Waals surface area contributed by atoms with Crippen molar-refractivity contribution in [2.45, 2.75) is 20.3 Å². The van der Waals surface area contributed by atoms with Gasteiger partial charge in [-0.05, 0) is 31.5 Å². The van der Waals surface area contributed by atoms with E-state index in [0.717, 1.165) is 12.2 Å². The SMILES string of the molecule is CCOc1ccn(-c2ccccc2)c1CC. The highest BCUT2D eigenvalue weighted by atomic mass is 16.5. The standard InChI is InChI=1S/C14H17NO/c1-3-13-14(16-4-2)10-11-15(13)12-8-6-5-7-9-12/h5-11H,3-4H2,1-2H3. The molecule has 84 valence electrons. The van der Waals surface area contributed by atoms with E-state index in [-0.39, 0.29) is 0 Å². The third kappa shape index (κ3) is 1.96. The summed E-state index contributed by atoms with van der Waals surface area (Å²) in [7, 11) is 0. The molecule has 0 atom stereocenters. The van der Waals surface area contributed by atoms with Crippen LogP contribution in [0.3, 0.4) is 0 Å². The van der Waals surface area contributed by atoms with Gasteiger partial charge in [-0.2, -0.15) is 0 Å². The van der Waals surface area contributed by atoms with Crippen molar-refractivity contribution in [2.75, 3.05) is 6.61 Å². The van der Waals surface area contributed by atoms with Gasteiger partial charge in [0.05, 0.1) is 12.3 Å². The molecule has 0 fully saturated rings. The lowest BCUT2D eigenvalue weighted by Crippen LogP contribution is -2.00. The molecule has 2 aromatic rings. The molecular weight excluding hydrogens is 198 g/mol. The summed E-state index contributed by atoms with van der Waals surface area (Å²) >= 11 is 0. The third-order valence-electron chi connectivity index (χ3n) is 2.62. The van der Waals surface area contributed by atoms with Gasteiger partial charge in [0.2, 0.25) is 0 Å². The molecule has 0 aliphatic carbocycles. The van der Waals surface area contributed by atoms with Crippen molar-refractivity contribution in [3.8, 4) is 11.4 Å². The predicted molar refractivity (Wildman–Crippen MR) is 66.3 cm³/mol. The molecule has 1 aromatic carbocycles. The van der Waals surface area contributed by atoms with Crippen LogP contribution in [0, 0.1) is 0 Å². The Bertz CT molecular complexity index is 445. The van der Waals surface area contributed by atoms with Crippen LogP contribution in [0.2, 0.25) is 0 Å². The Morgan fingerprint density at radius 2 is 1.81 bits per heavy atom. The molecule has 0 unspecified atom stereocenters. The van der Waals surface area contributed by atoms with Crippen LogP contribution in [-0.4, -0.2) is 11.2 Å². The summed E-state index contributed by atoms with van der Waals surface area (Å²) in [5.41, 5.74) is 2.42. The second-order valence-electron chi connectivity index (χ2n) is 3.62. The zero-order valence-corrected chi connectivity index (χ0v) is 9.81. The largest absolute Gasteiger partial charge is 0.492 e. The van der Waals surface area contributed by atoms with Crippen molar-refractivity contribution in [2.24, 2.45) is 0 Å². The molecule has 0 saturated heterocycles. The minimum absolute atomic E-state index is 0.714. The average molecular weight is 215 g/mol. The van der Waals surface area contributed by atoms with Crippen LogP contribution in [0.25, 0.3) is 5.69 Å². The number of aromatic nitrogens is 1. The molecule has 0 bridgehead atoms. The van der Waals surface area contributed by atoms with Gasteiger partial charge >= 0.3 is 0 Å². The van der Waals surface area contributed by atoms with Gasteiger partial charge in [0.25, 0.3) is 0 Å². The van der Waals surface area contributed by atoms with E-state index in [4.69, 9.17) is 4.74 Å². The summed E-state index contributed by atoms with van der Waals surface area (Å²) in [5.74, 6) is 0.994. The summed E-state index contributed by atoms with van der Waals surface area (Å²) in [6.07, 6.45) is 3.04. The van der Waals surface area contributed by atoms with E-state index in [2.05, 4.69) is 42.0 Å². The maximum absolute atomic E-state index is 5.61. The average Bonchev–Trinajstić information content (AvgIpc) is 2.73. The van der Waals surface area contributed by atoms with Crippen LogP contribution in [0.4, 0.5) is 0 Å². The summed E-state index contributed by atoms with van der Waals surface area (Å²) in [6, 6.07) is 12.4. The van der Waals surface area contributed by atoms with E-state index in [1.54, 1.807) is 0 Å². The van der Waals surface area contributed by atoms with E-state index in [1.807, 2.05) is 19.1 Å². The predicted octanol–water partition coefficient (Wildman–Crippen LogP) is 3.44. The molecule has 1 aromatic heterocycles. The maximum Gasteiger partial charge on any atom is 0.140 e. The molecule has 16 heavy (non-hydrogen) atoms. The highest BCUT2D eigenvalue weighted by molar-refractivity contribution is 5.40. The van der Waals surface area contributed by atoms with Crippen molar-refractivity contribution in [1.29, 1.82) is 0 Å². The molecule has 0 spiro atoms. The maximum atomic E-state index is 5.61. The number of hydrogen-bond donors (Lipinski definition) is 0. The zero-order chi connectivity index (χ0) is 11.4. The number of nitrogens with zero attached hydrogens (tertiary/aromatic N) is 1. The first kappa shape index (κ1) is 10.8. The summed E-state index contributed by atoms with van der Waals surface area (Å²) < 4.78 is 7.79. The van der Waals surface area contributed by atoms with Crippen LogP contribution < -0.4 is 4.74 Å². The molecule has 0 radical (unpaired) electrons. The van der Waals surface area contributed by atoms with E-state index < -0.39 is 0 Å². The second-order valence-corrected chi connectivity index (χ2v) is 3.62. The molecule has 0 aliphatic heterocycles. The van der Waals surface area contributed by atoms with Gasteiger partial charge in [-0.15, -0.1) is 0 Å². The van der Waals surface area contributed by atoms with Crippen molar-refractivity contribution in [3.05, 3.63) is 48.3 Å². The first-order valence-electron chi connectivity index (χ1n) is 5.75. The van der Waals surface area contributed by atoms with Crippen LogP contribution in [0.1, 0.15) is 19.5 Å². The number of hydrogen-bond acceptors (Lipinski definition) is 1. The van der Waals surface area contributed by atoms with Gasteiger partial charge < -0.3 is 9.30 Å². The Morgan fingerprint density at radius 1 is 1.06 bits per heavy atom. The lowest BCUT2D eigenvalue weighted by molar-refractivity contribution is 0.336. The van der Waals surface area contributed by atoms with Crippen molar-refractivity contribution < 1.29 is 4.74 Å². The third-order valence-corrected chi connectivity index (χ3v) is 2.62. The smallest absolute Gasteiger partial charge is 0.140 e. The molecule has 2 nitrogen and oxygen atoms in total. The van der Waals surface area contributed by atoms with Gasteiger partial charge in [0, 0.05) is 11.9 Å². The van der Waals surface area contributed by atoms with Crippen LogP contribution >= 0.6 is 0 Å². The summed E-state index contributed by atoms with van der Waals surface area (Å²) in [5, 5.41) is 0. The van der Waals surface area contributed by atoms with Gasteiger partial charge in [0.15, 0.2) is 0 Å². The minimum Gasteiger partial charge on any atom is -0.492 e. The molecule has 0 saturated carbocycles. The Labute approximate surface area is 96.5 Å². The fourth-order valence-corrected chi connectivity index (χ4v) is 1.91. The van der Waals surface area contributed by atoms with Gasteiger partial charge in [-0.3, -0.25) is 0 Å². The topological polar surface area (TPSA) is 14.2 Å². The Kier molecular flexibility index (Phi) is 3.30. The highest BCUT2D eigenvalue weighted by Gasteiger charge is 2.08. The Balaban J connectivity index is 2.42. The van der Waals surface area contributed by atoms with Crippen LogP contribution in [0.5, 0.6) is 5.75 Å². The lowest BCUT2D eigenvalue weighted by Gasteiger charge is -2.09. The highest BCUT2D eigenvalue weighted by Crippen LogP contribution is 2.24. The van der Waals surface area contributed by atoms with Gasteiger partial charge in [-0.1, -0.05) is 25.1 Å². The normalized spacial score (nSPS) is 10.4. The number of rotatable bonds is 4. The van der Waals surface area contributed by atoms with Crippen LogP contribution in [-0.2, 0) is 6.42 Å². The monoisotopic (exact) mass is 215 g/mol. The first-order valence-corrected chi connectivity index (χ1v) is 5.75. The van der Waals surface area contributed by atoms with Crippen LogP contribution in [0.15, 0.2) is 42.6 Å². The molecule has 0 N–H and O–H groups in total. The second kappa shape index (κ2) is 4.88. The van der Waals surface area contributed by atoms with E-state index >= 15 is 0 Å². The van der Waals surface area contributed by atoms with Crippen molar-refractivity contribution >= 4 is 0 Å². The van der Waals surface area contributed by atoms with E-state index in [1.165, 1.54) is 11.4 Å². The quantitative estimate of drug-likeness (QED) is 0.762. The zero-order valence-electron chi connectivity index (χ0n) is 9.81. The molecule has 2 rings (SSSR count). The van der Waals surface area contributed by atoms with Crippen molar-refractivity contribution in [1.82, 2.24) is 4.57 Å². The molecule has 1 heterocycles.